The van der Waals surface area contributed by atoms with Crippen LogP contribution in [0.3, 0.4) is 0 Å². The summed E-state index contributed by atoms with van der Waals surface area (Å²) in [7, 11) is 0. The Morgan fingerprint density at radius 3 is 2.67 bits per heavy atom. The Bertz CT molecular complexity index is 1160. The van der Waals surface area contributed by atoms with E-state index in [0.717, 1.165) is 34.3 Å². The zero-order chi connectivity index (χ0) is 21.4. The molecule has 30 heavy (non-hydrogen) atoms. The van der Waals surface area contributed by atoms with Crippen LogP contribution in [-0.2, 0) is 9.53 Å². The van der Waals surface area contributed by atoms with Crippen molar-refractivity contribution in [2.75, 3.05) is 13.2 Å². The highest BCUT2D eigenvalue weighted by atomic mass is 35.5. The van der Waals surface area contributed by atoms with Crippen molar-refractivity contribution >= 4 is 50.7 Å². The molecule has 1 amide bonds. The van der Waals surface area contributed by atoms with Gasteiger partial charge in [-0.15, -0.1) is 11.3 Å². The molecule has 0 aliphatic heterocycles. The third-order valence-corrected chi connectivity index (χ3v) is 6.87. The molecular formula is C22H21ClN2O4S. The Balaban J connectivity index is 1.31. The molecule has 1 aliphatic rings. The number of esters is 1. The van der Waals surface area contributed by atoms with Gasteiger partial charge in [0.1, 0.15) is 11.4 Å². The average molecular weight is 445 g/mol. The molecule has 1 aromatic carbocycles. The normalized spacial score (nSPS) is 13.4. The van der Waals surface area contributed by atoms with E-state index in [4.69, 9.17) is 16.3 Å². The molecule has 0 radical (unpaired) electrons. The van der Waals surface area contributed by atoms with Crippen molar-refractivity contribution < 1.29 is 19.1 Å². The van der Waals surface area contributed by atoms with Crippen molar-refractivity contribution in [1.29, 1.82) is 0 Å². The Labute approximate surface area is 182 Å². The fourth-order valence-corrected chi connectivity index (χ4v) is 5.06. The smallest absolute Gasteiger partial charge is 0.325 e. The van der Waals surface area contributed by atoms with Crippen molar-refractivity contribution in [1.82, 2.24) is 9.88 Å². The summed E-state index contributed by atoms with van der Waals surface area (Å²) < 4.78 is 8.14. The number of nitrogens with one attached hydrogen (secondary N) is 1. The number of thiophene rings is 1. The van der Waals surface area contributed by atoms with Crippen molar-refractivity contribution in [3.63, 3.8) is 0 Å². The molecule has 1 saturated carbocycles. The number of carbonyl (C=O) groups is 3. The highest BCUT2D eigenvalue weighted by Crippen LogP contribution is 2.38. The first-order valence-corrected chi connectivity index (χ1v) is 10.9. The number of fused-ring (bicyclic) bond motifs is 1. The topological polar surface area (TPSA) is 77.4 Å². The summed E-state index contributed by atoms with van der Waals surface area (Å²) in [6.07, 6.45) is 2.25. The lowest BCUT2D eigenvalue weighted by Crippen LogP contribution is -2.31. The minimum absolute atomic E-state index is 0.248. The number of Topliss-reactive ketones (excluding diaryl/α,β-unsaturated/α-hetero) is 1. The summed E-state index contributed by atoms with van der Waals surface area (Å²) in [5, 5.41) is 3.67. The van der Waals surface area contributed by atoms with E-state index < -0.39 is 11.9 Å². The number of halogens is 1. The Morgan fingerprint density at radius 2 is 1.97 bits per heavy atom. The molecule has 8 heteroatoms. The van der Waals surface area contributed by atoms with E-state index in [0.29, 0.717) is 21.5 Å². The molecule has 0 unspecified atom stereocenters. The van der Waals surface area contributed by atoms with E-state index in [2.05, 4.69) is 9.88 Å². The standard InChI is InChI=1S/C22H21ClN2O4S/c1-12-9-16(13(2)25(12)14-7-8-14)17(26)11-29-19(27)10-24-22(28)21-20(23)15-5-3-4-6-18(15)30-21/h3-6,9,14H,7-8,10-11H2,1-2H3,(H,24,28). The van der Waals surface area contributed by atoms with E-state index in [-0.39, 0.29) is 18.9 Å². The van der Waals surface area contributed by atoms with E-state index in [9.17, 15) is 14.4 Å². The third kappa shape index (κ3) is 4.00. The first-order chi connectivity index (χ1) is 14.4. The molecule has 1 fully saturated rings. The number of ether oxygens (including phenoxy) is 1. The molecular weight excluding hydrogens is 424 g/mol. The number of carbonyl (C=O) groups excluding carboxylic acids is 3. The van der Waals surface area contributed by atoms with Gasteiger partial charge in [0.15, 0.2) is 6.61 Å². The molecule has 4 rings (SSSR count). The predicted molar refractivity (Wildman–Crippen MR) is 117 cm³/mol. The Kier molecular flexibility index (Phi) is 5.66. The van der Waals surface area contributed by atoms with Gasteiger partial charge in [-0.1, -0.05) is 29.8 Å². The van der Waals surface area contributed by atoms with Gasteiger partial charge in [0.05, 0.1) is 5.02 Å². The number of nitrogens with zero attached hydrogens (tertiary/aromatic N) is 1. The SMILES string of the molecule is Cc1cc(C(=O)COC(=O)CNC(=O)c2sc3ccccc3c2Cl)c(C)n1C1CC1. The van der Waals surface area contributed by atoms with E-state index in [1.165, 1.54) is 11.3 Å². The molecule has 156 valence electrons. The number of amides is 1. The molecule has 0 saturated heterocycles. The first-order valence-electron chi connectivity index (χ1n) is 9.69. The molecule has 1 N–H and O–H groups in total. The van der Waals surface area contributed by atoms with Gasteiger partial charge in [-0.3, -0.25) is 14.4 Å². The summed E-state index contributed by atoms with van der Waals surface area (Å²) in [6.45, 7) is 3.20. The van der Waals surface area contributed by atoms with Gasteiger partial charge in [-0.2, -0.15) is 0 Å². The Hall–Kier alpha value is -2.64. The summed E-state index contributed by atoms with van der Waals surface area (Å²) in [6, 6.07) is 9.75. The lowest BCUT2D eigenvalue weighted by Gasteiger charge is -2.08. The highest BCUT2D eigenvalue weighted by molar-refractivity contribution is 7.21. The summed E-state index contributed by atoms with van der Waals surface area (Å²) in [4.78, 5) is 37.2. The van der Waals surface area contributed by atoms with Gasteiger partial charge in [0.2, 0.25) is 5.78 Å². The van der Waals surface area contributed by atoms with Crippen LogP contribution < -0.4 is 5.32 Å². The van der Waals surface area contributed by atoms with Gasteiger partial charge in [-0.05, 0) is 38.8 Å². The summed E-state index contributed by atoms with van der Waals surface area (Å²) in [5.74, 6) is -1.37. The largest absolute Gasteiger partial charge is 0.456 e. The van der Waals surface area contributed by atoms with E-state index >= 15 is 0 Å². The fourth-order valence-electron chi connectivity index (χ4n) is 3.62. The second-order valence-corrected chi connectivity index (χ2v) is 8.82. The highest BCUT2D eigenvalue weighted by Gasteiger charge is 2.28. The van der Waals surface area contributed by atoms with Crippen LogP contribution in [0.25, 0.3) is 10.1 Å². The monoisotopic (exact) mass is 444 g/mol. The van der Waals surface area contributed by atoms with Crippen LogP contribution in [0.2, 0.25) is 5.02 Å². The van der Waals surface area contributed by atoms with Crippen LogP contribution in [0.15, 0.2) is 30.3 Å². The van der Waals surface area contributed by atoms with Crippen LogP contribution in [-0.4, -0.2) is 35.4 Å². The van der Waals surface area contributed by atoms with Crippen molar-refractivity contribution in [2.45, 2.75) is 32.7 Å². The van der Waals surface area contributed by atoms with Crippen LogP contribution in [0.1, 0.15) is 50.3 Å². The van der Waals surface area contributed by atoms with Gasteiger partial charge in [-0.25, -0.2) is 0 Å². The number of aromatic nitrogens is 1. The van der Waals surface area contributed by atoms with E-state index in [1.807, 2.05) is 44.2 Å². The number of rotatable bonds is 7. The maximum Gasteiger partial charge on any atom is 0.325 e. The van der Waals surface area contributed by atoms with Gasteiger partial charge < -0.3 is 14.6 Å². The molecule has 2 aromatic heterocycles. The second-order valence-electron chi connectivity index (χ2n) is 7.39. The van der Waals surface area contributed by atoms with Crippen molar-refractivity contribution in [2.24, 2.45) is 0 Å². The number of ketones is 1. The molecule has 6 nitrogen and oxygen atoms in total. The van der Waals surface area contributed by atoms with E-state index in [1.54, 1.807) is 0 Å². The van der Waals surface area contributed by atoms with Gasteiger partial charge >= 0.3 is 5.97 Å². The average Bonchev–Trinajstić information content (AvgIpc) is 3.44. The number of aryl methyl sites for hydroxylation is 1. The number of benzene rings is 1. The van der Waals surface area contributed by atoms with Gasteiger partial charge in [0.25, 0.3) is 5.91 Å². The zero-order valence-corrected chi connectivity index (χ0v) is 18.2. The number of hydrogen-bond donors (Lipinski definition) is 1. The predicted octanol–water partition coefficient (Wildman–Crippen LogP) is 4.46. The minimum Gasteiger partial charge on any atom is -0.456 e. The fraction of sp³-hybridized carbons (Fsp3) is 0.318. The maximum absolute atomic E-state index is 12.5. The lowest BCUT2D eigenvalue weighted by atomic mass is 10.1. The van der Waals surface area contributed by atoms with Gasteiger partial charge in [0, 0.05) is 33.1 Å². The lowest BCUT2D eigenvalue weighted by molar-refractivity contribution is -0.141. The number of hydrogen-bond acceptors (Lipinski definition) is 5. The quantitative estimate of drug-likeness (QED) is 0.431. The molecule has 0 bridgehead atoms. The second kappa shape index (κ2) is 8.24. The van der Waals surface area contributed by atoms with Crippen molar-refractivity contribution in [3.05, 3.63) is 57.2 Å². The molecule has 3 aromatic rings. The molecule has 2 heterocycles. The van der Waals surface area contributed by atoms with Crippen LogP contribution in [0.4, 0.5) is 0 Å². The maximum atomic E-state index is 12.5. The summed E-state index contributed by atoms with van der Waals surface area (Å²) >= 11 is 7.54. The summed E-state index contributed by atoms with van der Waals surface area (Å²) in [5.41, 5.74) is 2.52. The van der Waals surface area contributed by atoms with Crippen molar-refractivity contribution in [3.8, 4) is 0 Å². The Morgan fingerprint density at radius 1 is 1.23 bits per heavy atom. The van der Waals surface area contributed by atoms with Crippen LogP contribution in [0, 0.1) is 13.8 Å². The first kappa shape index (κ1) is 20.6. The third-order valence-electron chi connectivity index (χ3n) is 5.20. The van der Waals surface area contributed by atoms with Crippen LogP contribution >= 0.6 is 22.9 Å². The zero-order valence-electron chi connectivity index (χ0n) is 16.7. The minimum atomic E-state index is -0.676. The molecule has 0 atom stereocenters. The molecule has 0 spiro atoms. The van der Waals surface area contributed by atoms with Crippen LogP contribution in [0.5, 0.6) is 0 Å². The molecule has 1 aliphatic carbocycles.